The minimum absolute atomic E-state index is 0.0143. The predicted molar refractivity (Wildman–Crippen MR) is 125 cm³/mol. The van der Waals surface area contributed by atoms with Gasteiger partial charge in [-0.1, -0.05) is 54.6 Å². The molecule has 0 aliphatic carbocycles. The summed E-state index contributed by atoms with van der Waals surface area (Å²) in [4.78, 5) is 24.7. The van der Waals surface area contributed by atoms with Gasteiger partial charge in [-0.05, 0) is 47.6 Å². The first-order valence-electron chi connectivity index (χ1n) is 9.84. The first kappa shape index (κ1) is 22.8. The van der Waals surface area contributed by atoms with E-state index in [1.165, 1.54) is 0 Å². The molecule has 164 valence electrons. The summed E-state index contributed by atoms with van der Waals surface area (Å²) in [5.41, 5.74) is 7.15. The Hall–Kier alpha value is -3.91. The number of amides is 2. The largest absolute Gasteiger partial charge is 0.497 e. The van der Waals surface area contributed by atoms with Gasteiger partial charge in [0.25, 0.3) is 5.91 Å². The van der Waals surface area contributed by atoms with Gasteiger partial charge in [0.05, 0.1) is 19.1 Å². The van der Waals surface area contributed by atoms with Crippen molar-refractivity contribution in [2.75, 3.05) is 7.11 Å². The molecule has 0 unspecified atom stereocenters. The molecule has 0 aliphatic rings. The van der Waals surface area contributed by atoms with Gasteiger partial charge in [0.2, 0.25) is 5.91 Å². The van der Waals surface area contributed by atoms with Crippen molar-refractivity contribution in [2.45, 2.75) is 13.0 Å². The number of thiocarbonyl (C=S) groups is 1. The zero-order chi connectivity index (χ0) is 22.8. The van der Waals surface area contributed by atoms with E-state index in [1.54, 1.807) is 55.6 Å². The lowest BCUT2D eigenvalue weighted by molar-refractivity contribution is -0.119. The normalized spacial score (nSPS) is 10.0. The van der Waals surface area contributed by atoms with E-state index in [4.69, 9.17) is 21.7 Å². The molecule has 0 saturated carbocycles. The summed E-state index contributed by atoms with van der Waals surface area (Å²) in [7, 11) is 1.58. The summed E-state index contributed by atoms with van der Waals surface area (Å²) in [5.74, 6) is 0.390. The van der Waals surface area contributed by atoms with Gasteiger partial charge >= 0.3 is 0 Å². The molecular weight excluding hydrogens is 426 g/mol. The number of para-hydroxylation sites is 1. The summed E-state index contributed by atoms with van der Waals surface area (Å²) in [5, 5.41) is 2.51. The fourth-order valence-corrected chi connectivity index (χ4v) is 2.99. The number of methoxy groups -OCH3 is 1. The quantitative estimate of drug-likeness (QED) is 0.379. The Kier molecular flexibility index (Phi) is 8.16. The van der Waals surface area contributed by atoms with Gasteiger partial charge in [0.15, 0.2) is 5.11 Å². The summed E-state index contributed by atoms with van der Waals surface area (Å²) >= 11 is 5.09. The Balaban J connectivity index is 1.49. The van der Waals surface area contributed by atoms with Crippen LogP contribution in [0.25, 0.3) is 0 Å². The van der Waals surface area contributed by atoms with Crippen molar-refractivity contribution in [2.24, 2.45) is 0 Å². The first-order valence-corrected chi connectivity index (χ1v) is 10.2. The van der Waals surface area contributed by atoms with Gasteiger partial charge in [-0.2, -0.15) is 0 Å². The average Bonchev–Trinajstić information content (AvgIpc) is 2.82. The minimum Gasteiger partial charge on any atom is -0.497 e. The zero-order valence-electron chi connectivity index (χ0n) is 17.5. The van der Waals surface area contributed by atoms with Gasteiger partial charge in [0.1, 0.15) is 18.1 Å². The molecule has 0 saturated heterocycles. The molecule has 0 spiro atoms. The van der Waals surface area contributed by atoms with Gasteiger partial charge in [0, 0.05) is 0 Å². The Morgan fingerprint density at radius 1 is 0.844 bits per heavy atom. The maximum absolute atomic E-state index is 12.6. The molecule has 0 heterocycles. The molecule has 0 radical (unpaired) electrons. The third-order valence-electron chi connectivity index (χ3n) is 4.44. The van der Waals surface area contributed by atoms with Crippen LogP contribution in [-0.4, -0.2) is 24.0 Å². The Morgan fingerprint density at radius 3 is 2.25 bits per heavy atom. The maximum Gasteiger partial charge on any atom is 0.273 e. The monoisotopic (exact) mass is 449 g/mol. The van der Waals surface area contributed by atoms with Crippen LogP contribution in [0.1, 0.15) is 21.5 Å². The van der Waals surface area contributed by atoms with Crippen molar-refractivity contribution < 1.29 is 19.1 Å². The highest BCUT2D eigenvalue weighted by atomic mass is 32.1. The van der Waals surface area contributed by atoms with Crippen LogP contribution in [-0.2, 0) is 17.8 Å². The molecule has 2 amide bonds. The highest BCUT2D eigenvalue weighted by Crippen LogP contribution is 2.19. The van der Waals surface area contributed by atoms with Crippen LogP contribution < -0.4 is 25.6 Å². The number of carbonyl (C=O) groups excluding carboxylic acids is 2. The lowest BCUT2D eigenvalue weighted by Crippen LogP contribution is -2.48. The van der Waals surface area contributed by atoms with E-state index in [9.17, 15) is 9.59 Å². The number of benzene rings is 3. The SMILES string of the molecule is COc1ccc(CC(=O)NC(=S)NNC(=O)c2ccccc2OCc2ccccc2)cc1. The van der Waals surface area contributed by atoms with Crippen LogP contribution in [0.2, 0.25) is 0 Å². The van der Waals surface area contributed by atoms with Crippen molar-refractivity contribution >= 4 is 29.1 Å². The van der Waals surface area contributed by atoms with Gasteiger partial charge in [-0.15, -0.1) is 0 Å². The number of hydrazine groups is 1. The van der Waals surface area contributed by atoms with Crippen LogP contribution in [0.4, 0.5) is 0 Å². The first-order chi connectivity index (χ1) is 15.5. The van der Waals surface area contributed by atoms with E-state index in [-0.39, 0.29) is 17.4 Å². The molecule has 0 fully saturated rings. The number of carbonyl (C=O) groups is 2. The Bertz CT molecular complexity index is 1070. The van der Waals surface area contributed by atoms with Crippen molar-refractivity contribution in [3.8, 4) is 11.5 Å². The van der Waals surface area contributed by atoms with Gasteiger partial charge in [-0.25, -0.2) is 0 Å². The molecule has 0 atom stereocenters. The lowest BCUT2D eigenvalue weighted by Gasteiger charge is -2.14. The molecule has 0 aromatic heterocycles. The van der Waals surface area contributed by atoms with Crippen LogP contribution in [0.3, 0.4) is 0 Å². The van der Waals surface area contributed by atoms with E-state index < -0.39 is 5.91 Å². The van der Waals surface area contributed by atoms with Gasteiger partial charge in [-0.3, -0.25) is 20.4 Å². The van der Waals surface area contributed by atoms with Crippen LogP contribution in [0.15, 0.2) is 78.9 Å². The smallest absolute Gasteiger partial charge is 0.273 e. The lowest BCUT2D eigenvalue weighted by atomic mass is 10.1. The molecule has 3 aromatic rings. The van der Waals surface area contributed by atoms with Crippen LogP contribution >= 0.6 is 12.2 Å². The molecule has 7 nitrogen and oxygen atoms in total. The second kappa shape index (κ2) is 11.5. The standard InChI is InChI=1S/C24H23N3O4S/c1-30-19-13-11-17(12-14-19)15-22(28)25-24(32)27-26-23(29)20-9-5-6-10-21(20)31-16-18-7-3-2-4-8-18/h2-14H,15-16H2,1H3,(H,26,29)(H2,25,27,28,32). The summed E-state index contributed by atoms with van der Waals surface area (Å²) < 4.78 is 10.9. The summed E-state index contributed by atoms with van der Waals surface area (Å²) in [6.07, 6.45) is 0.135. The molecule has 32 heavy (non-hydrogen) atoms. The minimum atomic E-state index is -0.444. The van der Waals surface area contributed by atoms with E-state index in [1.807, 2.05) is 30.3 Å². The van der Waals surface area contributed by atoms with Crippen molar-refractivity contribution in [3.05, 3.63) is 95.6 Å². The predicted octanol–water partition coefficient (Wildman–Crippen LogP) is 3.15. The maximum atomic E-state index is 12.6. The number of rotatable bonds is 7. The molecule has 3 N–H and O–H groups in total. The summed E-state index contributed by atoms with van der Waals surface area (Å²) in [6, 6.07) is 23.7. The summed E-state index contributed by atoms with van der Waals surface area (Å²) in [6.45, 7) is 0.332. The fraction of sp³-hybridized carbons (Fsp3) is 0.125. The highest BCUT2D eigenvalue weighted by Gasteiger charge is 2.13. The van der Waals surface area contributed by atoms with Crippen molar-refractivity contribution in [1.82, 2.24) is 16.2 Å². The van der Waals surface area contributed by atoms with E-state index in [0.29, 0.717) is 23.7 Å². The number of hydrogen-bond donors (Lipinski definition) is 3. The van der Waals surface area contributed by atoms with E-state index >= 15 is 0 Å². The second-order valence-corrected chi connectivity index (χ2v) is 7.16. The van der Waals surface area contributed by atoms with E-state index in [2.05, 4.69) is 16.2 Å². The zero-order valence-corrected chi connectivity index (χ0v) is 18.3. The van der Waals surface area contributed by atoms with Crippen molar-refractivity contribution in [3.63, 3.8) is 0 Å². The Labute approximate surface area is 191 Å². The molecule has 0 bridgehead atoms. The molecular formula is C24H23N3O4S. The fourth-order valence-electron chi connectivity index (χ4n) is 2.83. The number of nitrogens with one attached hydrogen (secondary N) is 3. The molecule has 0 aliphatic heterocycles. The van der Waals surface area contributed by atoms with Crippen molar-refractivity contribution in [1.29, 1.82) is 0 Å². The molecule has 3 rings (SSSR count). The third-order valence-corrected chi connectivity index (χ3v) is 4.64. The van der Waals surface area contributed by atoms with Crippen LogP contribution in [0, 0.1) is 0 Å². The molecule has 3 aromatic carbocycles. The number of ether oxygens (including phenoxy) is 2. The third kappa shape index (κ3) is 6.82. The van der Waals surface area contributed by atoms with Gasteiger partial charge < -0.3 is 14.8 Å². The topological polar surface area (TPSA) is 88.7 Å². The highest BCUT2D eigenvalue weighted by molar-refractivity contribution is 7.80. The second-order valence-electron chi connectivity index (χ2n) is 6.75. The van der Waals surface area contributed by atoms with E-state index in [0.717, 1.165) is 11.1 Å². The number of hydrogen-bond acceptors (Lipinski definition) is 5. The average molecular weight is 450 g/mol. The Morgan fingerprint density at radius 2 is 1.53 bits per heavy atom. The molecule has 8 heteroatoms. The van der Waals surface area contributed by atoms with Crippen LogP contribution in [0.5, 0.6) is 11.5 Å².